The van der Waals surface area contributed by atoms with Crippen LogP contribution in [0.25, 0.3) is 10.4 Å². The number of halogens is 2. The average molecular weight is 355 g/mol. The number of thiophene rings is 1. The zero-order valence-electron chi connectivity index (χ0n) is 12.8. The molecule has 124 valence electrons. The number of hydrogen-bond donors (Lipinski definition) is 2. The summed E-state index contributed by atoms with van der Waals surface area (Å²) < 4.78 is 13.0. The Balaban J connectivity index is 0.00000192. The molecule has 0 radical (unpaired) electrons. The van der Waals surface area contributed by atoms with Crippen molar-refractivity contribution in [3.8, 4) is 10.4 Å². The fraction of sp³-hybridized carbons (Fsp3) is 0.353. The molecule has 2 unspecified atom stereocenters. The molecule has 1 amide bonds. The summed E-state index contributed by atoms with van der Waals surface area (Å²) in [6.07, 6.45) is 2.09. The van der Waals surface area contributed by atoms with Gasteiger partial charge in [0.05, 0.1) is 4.88 Å². The van der Waals surface area contributed by atoms with Gasteiger partial charge in [-0.25, -0.2) is 4.39 Å². The van der Waals surface area contributed by atoms with Gasteiger partial charge < -0.3 is 10.6 Å². The number of carbonyl (C=O) groups excluding carboxylic acids is 1. The van der Waals surface area contributed by atoms with E-state index in [1.165, 1.54) is 23.5 Å². The summed E-state index contributed by atoms with van der Waals surface area (Å²) in [5.41, 5.74) is 0.929. The number of hydrogen-bond acceptors (Lipinski definition) is 3. The number of piperidine rings is 1. The summed E-state index contributed by atoms with van der Waals surface area (Å²) in [7, 11) is 0. The molecule has 1 saturated heterocycles. The molecule has 1 aromatic carbocycles. The second-order valence-corrected chi connectivity index (χ2v) is 6.72. The molecule has 0 bridgehead atoms. The highest BCUT2D eigenvalue weighted by Gasteiger charge is 2.23. The van der Waals surface area contributed by atoms with Gasteiger partial charge in [-0.1, -0.05) is 12.1 Å². The Morgan fingerprint density at radius 1 is 1.26 bits per heavy atom. The second-order valence-electron chi connectivity index (χ2n) is 5.64. The molecular formula is C17H20ClFN2OS. The second kappa shape index (κ2) is 7.90. The van der Waals surface area contributed by atoms with E-state index in [0.29, 0.717) is 10.9 Å². The van der Waals surface area contributed by atoms with Crippen LogP contribution in [-0.2, 0) is 0 Å². The third-order valence-electron chi connectivity index (χ3n) is 4.04. The van der Waals surface area contributed by atoms with E-state index in [0.717, 1.165) is 29.8 Å². The molecule has 2 aromatic rings. The van der Waals surface area contributed by atoms with Crippen LogP contribution in [0.2, 0.25) is 0 Å². The van der Waals surface area contributed by atoms with E-state index < -0.39 is 0 Å². The Bertz CT molecular complexity index is 659. The zero-order chi connectivity index (χ0) is 15.5. The molecule has 0 saturated carbocycles. The molecule has 1 aliphatic rings. The van der Waals surface area contributed by atoms with Crippen LogP contribution in [0.15, 0.2) is 36.4 Å². The molecule has 1 aliphatic heterocycles. The van der Waals surface area contributed by atoms with E-state index in [4.69, 9.17) is 0 Å². The molecule has 6 heteroatoms. The monoisotopic (exact) mass is 354 g/mol. The average Bonchev–Trinajstić information content (AvgIpc) is 3.00. The smallest absolute Gasteiger partial charge is 0.261 e. The number of amides is 1. The Morgan fingerprint density at radius 2 is 2.00 bits per heavy atom. The minimum atomic E-state index is -0.253. The van der Waals surface area contributed by atoms with Gasteiger partial charge in [0.15, 0.2) is 0 Å². The Kier molecular flexibility index (Phi) is 6.16. The van der Waals surface area contributed by atoms with E-state index in [-0.39, 0.29) is 30.2 Å². The fourth-order valence-corrected chi connectivity index (χ4v) is 3.62. The molecule has 23 heavy (non-hydrogen) atoms. The van der Waals surface area contributed by atoms with Crippen molar-refractivity contribution in [2.45, 2.75) is 31.8 Å². The summed E-state index contributed by atoms with van der Waals surface area (Å²) in [5.74, 6) is -0.282. The third-order valence-corrected chi connectivity index (χ3v) is 5.17. The van der Waals surface area contributed by atoms with Crippen molar-refractivity contribution in [1.29, 1.82) is 0 Å². The Hall–Kier alpha value is -1.43. The lowest BCUT2D eigenvalue weighted by Crippen LogP contribution is -2.51. The van der Waals surface area contributed by atoms with Crippen LogP contribution >= 0.6 is 23.7 Å². The molecule has 1 fully saturated rings. The van der Waals surface area contributed by atoms with Crippen LogP contribution in [-0.4, -0.2) is 24.5 Å². The highest BCUT2D eigenvalue weighted by Crippen LogP contribution is 2.28. The van der Waals surface area contributed by atoms with Crippen molar-refractivity contribution in [3.63, 3.8) is 0 Å². The lowest BCUT2D eigenvalue weighted by Gasteiger charge is -2.30. The zero-order valence-corrected chi connectivity index (χ0v) is 14.5. The lowest BCUT2D eigenvalue weighted by molar-refractivity contribution is 0.0924. The molecule has 3 nitrogen and oxygen atoms in total. The first kappa shape index (κ1) is 17.9. The van der Waals surface area contributed by atoms with E-state index in [1.54, 1.807) is 12.1 Å². The topological polar surface area (TPSA) is 41.1 Å². The number of carbonyl (C=O) groups is 1. The van der Waals surface area contributed by atoms with Gasteiger partial charge in [0.25, 0.3) is 5.91 Å². The first-order chi connectivity index (χ1) is 10.6. The minimum absolute atomic E-state index is 0. The number of nitrogens with one attached hydrogen (secondary N) is 2. The van der Waals surface area contributed by atoms with Gasteiger partial charge in [-0.05, 0) is 56.1 Å². The first-order valence-electron chi connectivity index (χ1n) is 7.53. The van der Waals surface area contributed by atoms with Crippen LogP contribution in [0.4, 0.5) is 4.39 Å². The summed E-state index contributed by atoms with van der Waals surface area (Å²) in [5, 5.41) is 6.49. The maximum Gasteiger partial charge on any atom is 0.261 e. The van der Waals surface area contributed by atoms with Crippen LogP contribution in [0.1, 0.15) is 29.4 Å². The van der Waals surface area contributed by atoms with Gasteiger partial charge in [-0.15, -0.1) is 23.7 Å². The van der Waals surface area contributed by atoms with Crippen molar-refractivity contribution in [1.82, 2.24) is 10.6 Å². The summed E-state index contributed by atoms with van der Waals surface area (Å²) in [6, 6.07) is 10.6. The minimum Gasteiger partial charge on any atom is -0.347 e. The highest BCUT2D eigenvalue weighted by atomic mass is 35.5. The van der Waals surface area contributed by atoms with Gasteiger partial charge in [0, 0.05) is 17.0 Å². The quantitative estimate of drug-likeness (QED) is 0.879. The lowest BCUT2D eigenvalue weighted by atomic mass is 10.00. The molecule has 2 heterocycles. The molecule has 0 aliphatic carbocycles. The molecular weight excluding hydrogens is 335 g/mol. The van der Waals surface area contributed by atoms with Crippen molar-refractivity contribution in [2.75, 3.05) is 6.54 Å². The SMILES string of the molecule is CC1NCCCC1NC(=O)c1ccc(-c2ccc(F)cc2)s1.Cl. The number of rotatable bonds is 3. The van der Waals surface area contributed by atoms with Crippen LogP contribution in [0.5, 0.6) is 0 Å². The predicted octanol–water partition coefficient (Wildman–Crippen LogP) is 3.85. The normalized spacial score (nSPS) is 20.6. The van der Waals surface area contributed by atoms with Gasteiger partial charge in [-0.2, -0.15) is 0 Å². The van der Waals surface area contributed by atoms with E-state index >= 15 is 0 Å². The van der Waals surface area contributed by atoms with Crippen molar-refractivity contribution in [3.05, 3.63) is 47.1 Å². The summed E-state index contributed by atoms with van der Waals surface area (Å²) >= 11 is 1.43. The summed E-state index contributed by atoms with van der Waals surface area (Å²) in [4.78, 5) is 14.0. The number of benzene rings is 1. The molecule has 2 N–H and O–H groups in total. The van der Waals surface area contributed by atoms with Gasteiger partial charge in [0.1, 0.15) is 5.82 Å². The standard InChI is InChI=1S/C17H19FN2OS.ClH/c1-11-14(3-2-10-19-11)20-17(21)16-9-8-15(22-16)12-4-6-13(18)7-5-12;/h4-9,11,14,19H,2-3,10H2,1H3,(H,20,21);1H. The third kappa shape index (κ3) is 4.31. The highest BCUT2D eigenvalue weighted by molar-refractivity contribution is 7.17. The van der Waals surface area contributed by atoms with Crippen LogP contribution in [0, 0.1) is 5.82 Å². The van der Waals surface area contributed by atoms with Crippen LogP contribution < -0.4 is 10.6 Å². The first-order valence-corrected chi connectivity index (χ1v) is 8.35. The summed E-state index contributed by atoms with van der Waals surface area (Å²) in [6.45, 7) is 3.11. The predicted molar refractivity (Wildman–Crippen MR) is 94.9 cm³/mol. The van der Waals surface area contributed by atoms with E-state index in [1.807, 2.05) is 12.1 Å². The van der Waals surface area contributed by atoms with Crippen molar-refractivity contribution < 1.29 is 9.18 Å². The van der Waals surface area contributed by atoms with E-state index in [9.17, 15) is 9.18 Å². The maximum absolute atomic E-state index is 13.0. The fourth-order valence-electron chi connectivity index (χ4n) is 2.71. The largest absolute Gasteiger partial charge is 0.347 e. The molecule has 2 atom stereocenters. The van der Waals surface area contributed by atoms with Gasteiger partial charge >= 0.3 is 0 Å². The molecule has 3 rings (SSSR count). The van der Waals surface area contributed by atoms with E-state index in [2.05, 4.69) is 17.6 Å². The van der Waals surface area contributed by atoms with Gasteiger partial charge in [0.2, 0.25) is 0 Å². The van der Waals surface area contributed by atoms with Crippen LogP contribution in [0.3, 0.4) is 0 Å². The Morgan fingerprint density at radius 3 is 2.70 bits per heavy atom. The van der Waals surface area contributed by atoms with Gasteiger partial charge in [-0.3, -0.25) is 4.79 Å². The maximum atomic E-state index is 13.0. The van der Waals surface area contributed by atoms with Crippen molar-refractivity contribution >= 4 is 29.7 Å². The van der Waals surface area contributed by atoms with Crippen molar-refractivity contribution in [2.24, 2.45) is 0 Å². The molecule has 1 aromatic heterocycles. The Labute approximate surface area is 145 Å². The molecule has 0 spiro atoms.